The van der Waals surface area contributed by atoms with Crippen molar-refractivity contribution in [2.45, 2.75) is 12.6 Å². The van der Waals surface area contributed by atoms with Crippen LogP contribution in [0.4, 0.5) is 13.2 Å². The molecule has 0 atom stereocenters. The van der Waals surface area contributed by atoms with E-state index < -0.39 is 29.9 Å². The highest BCUT2D eigenvalue weighted by Gasteiger charge is 2.31. The largest absolute Gasteiger partial charge is 0.426 e. The number of para-hydroxylation sites is 1. The molecule has 2 rings (SSSR count). The molecular weight excluding hydrogens is 333 g/mol. The average Bonchev–Trinajstić information content (AvgIpc) is 2.46. The van der Waals surface area contributed by atoms with E-state index in [2.05, 4.69) is 0 Å². The van der Waals surface area contributed by atoms with E-state index in [1.165, 1.54) is 12.1 Å². The number of rotatable bonds is 4. The van der Waals surface area contributed by atoms with Crippen LogP contribution in [0.5, 0.6) is 5.75 Å². The van der Waals surface area contributed by atoms with Gasteiger partial charge in [-0.2, -0.15) is 13.2 Å². The Morgan fingerprint density at radius 2 is 1.70 bits per heavy atom. The number of Topliss-reactive ketones (excluding diaryl/α,β-unsaturated/α-hetero) is 1. The molecule has 0 aromatic heterocycles. The first-order valence-electron chi connectivity index (χ1n) is 6.43. The number of carbonyl (C=O) groups is 2. The lowest BCUT2D eigenvalue weighted by Gasteiger charge is -2.09. The van der Waals surface area contributed by atoms with Crippen molar-refractivity contribution < 1.29 is 27.5 Å². The van der Waals surface area contributed by atoms with Crippen LogP contribution < -0.4 is 4.74 Å². The maximum Gasteiger partial charge on any atom is 0.416 e. The monoisotopic (exact) mass is 342 g/mol. The molecule has 0 saturated carbocycles. The Hall–Kier alpha value is -2.34. The Balaban J connectivity index is 2.07. The maximum atomic E-state index is 12.5. The average molecular weight is 343 g/mol. The van der Waals surface area contributed by atoms with Gasteiger partial charge in [-0.05, 0) is 30.3 Å². The van der Waals surface area contributed by atoms with Gasteiger partial charge in [-0.1, -0.05) is 29.8 Å². The van der Waals surface area contributed by atoms with E-state index in [1.807, 2.05) is 0 Å². The number of carbonyl (C=O) groups excluding carboxylic acids is 2. The molecule has 120 valence electrons. The molecule has 23 heavy (non-hydrogen) atoms. The van der Waals surface area contributed by atoms with Crippen molar-refractivity contribution in [2.24, 2.45) is 0 Å². The highest BCUT2D eigenvalue weighted by molar-refractivity contribution is 6.34. The van der Waals surface area contributed by atoms with Crippen LogP contribution in [-0.2, 0) is 11.0 Å². The van der Waals surface area contributed by atoms with Crippen molar-refractivity contribution in [2.75, 3.05) is 0 Å². The van der Waals surface area contributed by atoms with E-state index in [0.29, 0.717) is 6.07 Å². The van der Waals surface area contributed by atoms with Gasteiger partial charge >= 0.3 is 12.1 Å². The molecule has 0 amide bonds. The Morgan fingerprint density at radius 1 is 1.04 bits per heavy atom. The summed E-state index contributed by atoms with van der Waals surface area (Å²) < 4.78 is 42.5. The maximum absolute atomic E-state index is 12.5. The van der Waals surface area contributed by atoms with Gasteiger partial charge in [0.25, 0.3) is 0 Å². The number of alkyl halides is 3. The molecule has 7 heteroatoms. The van der Waals surface area contributed by atoms with E-state index in [9.17, 15) is 22.8 Å². The first-order valence-corrected chi connectivity index (χ1v) is 6.81. The Kier molecular flexibility index (Phi) is 5.05. The summed E-state index contributed by atoms with van der Waals surface area (Å²) in [5.74, 6) is -1.27. The lowest BCUT2D eigenvalue weighted by atomic mass is 10.1. The van der Waals surface area contributed by atoms with Gasteiger partial charge in [0.2, 0.25) is 0 Å². The van der Waals surface area contributed by atoms with Crippen LogP contribution in [0, 0.1) is 0 Å². The second-order valence-electron chi connectivity index (χ2n) is 4.58. The van der Waals surface area contributed by atoms with Gasteiger partial charge < -0.3 is 4.74 Å². The number of halogens is 4. The van der Waals surface area contributed by atoms with Gasteiger partial charge in [0.1, 0.15) is 12.2 Å². The molecule has 0 N–H and O–H groups in total. The van der Waals surface area contributed by atoms with Crippen LogP contribution in [-0.4, -0.2) is 11.8 Å². The van der Waals surface area contributed by atoms with E-state index in [1.54, 1.807) is 18.2 Å². The molecule has 0 saturated heterocycles. The van der Waals surface area contributed by atoms with Gasteiger partial charge in [0.15, 0.2) is 5.78 Å². The van der Waals surface area contributed by atoms with E-state index in [4.69, 9.17) is 16.3 Å². The summed E-state index contributed by atoms with van der Waals surface area (Å²) in [6.45, 7) is 0. The molecule has 0 aliphatic rings. The second kappa shape index (κ2) is 6.83. The van der Waals surface area contributed by atoms with Gasteiger partial charge in [0, 0.05) is 5.56 Å². The van der Waals surface area contributed by atoms with Gasteiger partial charge in [0.05, 0.1) is 10.6 Å². The molecular formula is C16H10ClF3O3. The number of hydrogen-bond donors (Lipinski definition) is 0. The molecule has 0 heterocycles. The Labute approximate surface area is 134 Å². The molecule has 0 fully saturated rings. The normalized spacial score (nSPS) is 11.1. The number of benzene rings is 2. The van der Waals surface area contributed by atoms with Crippen LogP contribution in [0.15, 0.2) is 48.5 Å². The number of ketones is 1. The molecule has 2 aromatic rings. The molecule has 0 aliphatic heterocycles. The predicted molar refractivity (Wildman–Crippen MR) is 77.5 cm³/mol. The summed E-state index contributed by atoms with van der Waals surface area (Å²) in [5, 5.41) is -0.364. The minimum absolute atomic E-state index is 0.162. The standard InChI is InChI=1S/C16H10ClF3O3/c17-13-8-10(16(18,19)20)6-7-12(13)14(21)9-15(22)23-11-4-2-1-3-5-11/h1-8H,9H2. The van der Waals surface area contributed by atoms with Crippen LogP contribution in [0.3, 0.4) is 0 Å². The van der Waals surface area contributed by atoms with Crippen LogP contribution in [0.2, 0.25) is 5.02 Å². The van der Waals surface area contributed by atoms with Crippen LogP contribution >= 0.6 is 11.6 Å². The predicted octanol–water partition coefficient (Wildman–Crippen LogP) is 4.54. The zero-order valence-corrected chi connectivity index (χ0v) is 12.3. The SMILES string of the molecule is O=C(CC(=O)c1ccc(C(F)(F)F)cc1Cl)Oc1ccccc1. The van der Waals surface area contributed by atoms with Crippen molar-refractivity contribution in [3.8, 4) is 5.75 Å². The van der Waals surface area contributed by atoms with Crippen LogP contribution in [0.25, 0.3) is 0 Å². The first kappa shape index (κ1) is 17.0. The smallest absolute Gasteiger partial charge is 0.416 e. The van der Waals surface area contributed by atoms with Crippen molar-refractivity contribution in [3.05, 3.63) is 64.7 Å². The summed E-state index contributed by atoms with van der Waals surface area (Å²) >= 11 is 5.70. The summed E-state index contributed by atoms with van der Waals surface area (Å²) in [6.07, 6.45) is -5.18. The summed E-state index contributed by atoms with van der Waals surface area (Å²) in [4.78, 5) is 23.6. The molecule has 0 unspecified atom stereocenters. The Morgan fingerprint density at radius 3 is 2.26 bits per heavy atom. The third kappa shape index (κ3) is 4.56. The van der Waals surface area contributed by atoms with E-state index in [0.717, 1.165) is 12.1 Å². The molecule has 0 radical (unpaired) electrons. The molecule has 2 aromatic carbocycles. The number of esters is 1. The van der Waals surface area contributed by atoms with Crippen LogP contribution in [0.1, 0.15) is 22.3 Å². The van der Waals surface area contributed by atoms with Gasteiger partial charge in [-0.3, -0.25) is 9.59 Å². The first-order chi connectivity index (χ1) is 10.8. The van der Waals surface area contributed by atoms with Crippen molar-refractivity contribution in [1.82, 2.24) is 0 Å². The summed E-state index contributed by atoms with van der Waals surface area (Å²) in [5.41, 5.74) is -1.13. The molecule has 0 bridgehead atoms. The van der Waals surface area contributed by atoms with Crippen molar-refractivity contribution in [1.29, 1.82) is 0 Å². The second-order valence-corrected chi connectivity index (χ2v) is 4.99. The summed E-state index contributed by atoms with van der Waals surface area (Å²) in [6, 6.07) is 10.4. The minimum Gasteiger partial charge on any atom is -0.426 e. The lowest BCUT2D eigenvalue weighted by Crippen LogP contribution is -2.15. The number of ether oxygens (including phenoxy) is 1. The molecule has 3 nitrogen and oxygen atoms in total. The highest BCUT2D eigenvalue weighted by Crippen LogP contribution is 2.32. The quantitative estimate of drug-likeness (QED) is 0.355. The van der Waals surface area contributed by atoms with Crippen molar-refractivity contribution >= 4 is 23.4 Å². The topological polar surface area (TPSA) is 43.4 Å². The van der Waals surface area contributed by atoms with Gasteiger partial charge in [-0.15, -0.1) is 0 Å². The Bertz CT molecular complexity index is 727. The zero-order valence-electron chi connectivity index (χ0n) is 11.6. The fraction of sp³-hybridized carbons (Fsp3) is 0.125. The summed E-state index contributed by atoms with van der Waals surface area (Å²) in [7, 11) is 0. The van der Waals surface area contributed by atoms with E-state index in [-0.39, 0.29) is 16.3 Å². The van der Waals surface area contributed by atoms with Crippen molar-refractivity contribution in [3.63, 3.8) is 0 Å². The molecule has 0 aliphatic carbocycles. The minimum atomic E-state index is -4.56. The zero-order chi connectivity index (χ0) is 17.0. The fourth-order valence-electron chi connectivity index (χ4n) is 1.80. The third-order valence-corrected chi connectivity index (χ3v) is 3.19. The number of hydrogen-bond acceptors (Lipinski definition) is 3. The highest BCUT2D eigenvalue weighted by atomic mass is 35.5. The fourth-order valence-corrected chi connectivity index (χ4v) is 2.09. The van der Waals surface area contributed by atoms with Gasteiger partial charge in [-0.25, -0.2) is 0 Å². The lowest BCUT2D eigenvalue weighted by molar-refractivity contribution is -0.137. The molecule has 0 spiro atoms. The third-order valence-electron chi connectivity index (χ3n) is 2.88. The van der Waals surface area contributed by atoms with E-state index >= 15 is 0 Å².